The first-order chi connectivity index (χ1) is 5.02. The first-order valence-corrected chi connectivity index (χ1v) is 4.00. The summed E-state index contributed by atoms with van der Waals surface area (Å²) < 4.78 is 0. The zero-order valence-electron chi connectivity index (χ0n) is 7.40. The molecule has 0 bridgehead atoms. The Morgan fingerprint density at radius 1 is 1.45 bits per heavy atom. The van der Waals surface area contributed by atoms with Crippen molar-refractivity contribution in [3.8, 4) is 0 Å². The fraction of sp³-hybridized carbons (Fsp3) is 0.667. The maximum atomic E-state index is 11.3. The van der Waals surface area contributed by atoms with Crippen LogP contribution < -0.4 is 5.32 Å². The van der Waals surface area contributed by atoms with Gasteiger partial charge in [0.2, 0.25) is 5.91 Å². The van der Waals surface area contributed by atoms with Crippen molar-refractivity contribution in [1.82, 2.24) is 5.32 Å². The molecule has 1 aliphatic rings. The first-order valence-electron chi connectivity index (χ1n) is 4.00. The maximum absolute atomic E-state index is 11.3. The van der Waals surface area contributed by atoms with E-state index in [1.807, 2.05) is 6.08 Å². The Morgan fingerprint density at radius 2 is 2.09 bits per heavy atom. The van der Waals surface area contributed by atoms with Crippen LogP contribution in [0.5, 0.6) is 0 Å². The standard InChI is InChI=1S/C9H15NO/c1-9(2,3)7-5-4-6-10-8(7)11/h5H,4,6H2,1-3H3,(H,10,11). The van der Waals surface area contributed by atoms with E-state index in [2.05, 4.69) is 26.1 Å². The van der Waals surface area contributed by atoms with Crippen LogP contribution in [-0.2, 0) is 4.79 Å². The Kier molecular flexibility index (Phi) is 2.03. The molecule has 2 heteroatoms. The second-order valence-electron chi connectivity index (χ2n) is 3.91. The highest BCUT2D eigenvalue weighted by Gasteiger charge is 2.24. The van der Waals surface area contributed by atoms with Crippen molar-refractivity contribution in [3.05, 3.63) is 11.6 Å². The van der Waals surface area contributed by atoms with Crippen LogP contribution in [0.1, 0.15) is 27.2 Å². The fourth-order valence-corrected chi connectivity index (χ4v) is 1.24. The van der Waals surface area contributed by atoms with Gasteiger partial charge in [0.15, 0.2) is 0 Å². The van der Waals surface area contributed by atoms with E-state index in [4.69, 9.17) is 0 Å². The van der Waals surface area contributed by atoms with Gasteiger partial charge in [-0.15, -0.1) is 0 Å². The SMILES string of the molecule is CC(C)(C)C1=CCCNC1=O. The summed E-state index contributed by atoms with van der Waals surface area (Å²) in [7, 11) is 0. The molecule has 1 amide bonds. The molecular formula is C9H15NO. The van der Waals surface area contributed by atoms with Gasteiger partial charge >= 0.3 is 0 Å². The van der Waals surface area contributed by atoms with Gasteiger partial charge in [0.25, 0.3) is 0 Å². The van der Waals surface area contributed by atoms with Crippen LogP contribution in [0.2, 0.25) is 0 Å². The third-order valence-corrected chi connectivity index (χ3v) is 1.83. The van der Waals surface area contributed by atoms with E-state index in [0.29, 0.717) is 0 Å². The molecule has 0 unspecified atom stereocenters. The van der Waals surface area contributed by atoms with Crippen LogP contribution in [0.15, 0.2) is 11.6 Å². The lowest BCUT2D eigenvalue weighted by atomic mass is 9.84. The largest absolute Gasteiger partial charge is 0.352 e. The molecule has 1 aliphatic heterocycles. The smallest absolute Gasteiger partial charge is 0.247 e. The number of hydrogen-bond donors (Lipinski definition) is 1. The van der Waals surface area contributed by atoms with Crippen LogP contribution in [-0.4, -0.2) is 12.5 Å². The molecule has 0 saturated carbocycles. The molecule has 1 heterocycles. The van der Waals surface area contributed by atoms with Crippen LogP contribution in [0.4, 0.5) is 0 Å². The summed E-state index contributed by atoms with van der Waals surface area (Å²) in [6.45, 7) is 6.97. The second kappa shape index (κ2) is 2.68. The van der Waals surface area contributed by atoms with Crippen molar-refractivity contribution in [2.24, 2.45) is 5.41 Å². The summed E-state index contributed by atoms with van der Waals surface area (Å²) >= 11 is 0. The zero-order valence-corrected chi connectivity index (χ0v) is 7.40. The van der Waals surface area contributed by atoms with E-state index < -0.39 is 0 Å². The van der Waals surface area contributed by atoms with Gasteiger partial charge in [0.05, 0.1) is 0 Å². The van der Waals surface area contributed by atoms with Gasteiger partial charge in [-0.25, -0.2) is 0 Å². The van der Waals surface area contributed by atoms with Gasteiger partial charge in [0.1, 0.15) is 0 Å². The van der Waals surface area contributed by atoms with E-state index in [9.17, 15) is 4.79 Å². The molecule has 0 fully saturated rings. The van der Waals surface area contributed by atoms with Crippen molar-refractivity contribution >= 4 is 5.91 Å². The fourth-order valence-electron chi connectivity index (χ4n) is 1.24. The number of rotatable bonds is 0. The molecule has 0 aromatic carbocycles. The Morgan fingerprint density at radius 3 is 2.45 bits per heavy atom. The minimum absolute atomic E-state index is 0.00942. The molecule has 0 aromatic heterocycles. The normalized spacial score (nSPS) is 19.2. The lowest BCUT2D eigenvalue weighted by Gasteiger charge is -2.24. The highest BCUT2D eigenvalue weighted by molar-refractivity contribution is 5.95. The minimum Gasteiger partial charge on any atom is -0.352 e. The molecule has 2 nitrogen and oxygen atoms in total. The number of nitrogens with one attached hydrogen (secondary N) is 1. The lowest BCUT2D eigenvalue weighted by molar-refractivity contribution is -0.118. The minimum atomic E-state index is -0.00942. The van der Waals surface area contributed by atoms with E-state index in [0.717, 1.165) is 18.5 Å². The number of hydrogen-bond acceptors (Lipinski definition) is 1. The monoisotopic (exact) mass is 153 g/mol. The van der Waals surface area contributed by atoms with Crippen LogP contribution in [0.3, 0.4) is 0 Å². The number of carbonyl (C=O) groups is 1. The Labute approximate surface area is 67.7 Å². The molecule has 1 N–H and O–H groups in total. The quantitative estimate of drug-likeness (QED) is 0.561. The van der Waals surface area contributed by atoms with E-state index in [1.165, 1.54) is 0 Å². The summed E-state index contributed by atoms with van der Waals surface area (Å²) in [6.07, 6.45) is 3.01. The first kappa shape index (κ1) is 8.31. The van der Waals surface area contributed by atoms with Crippen LogP contribution >= 0.6 is 0 Å². The van der Waals surface area contributed by atoms with E-state index in [-0.39, 0.29) is 11.3 Å². The molecule has 11 heavy (non-hydrogen) atoms. The van der Waals surface area contributed by atoms with Crippen molar-refractivity contribution in [3.63, 3.8) is 0 Å². The van der Waals surface area contributed by atoms with Gasteiger partial charge in [-0.1, -0.05) is 26.8 Å². The lowest BCUT2D eigenvalue weighted by Crippen LogP contribution is -2.34. The van der Waals surface area contributed by atoms with Gasteiger partial charge in [-0.3, -0.25) is 4.79 Å². The Balaban J connectivity index is 2.85. The highest BCUT2D eigenvalue weighted by atomic mass is 16.1. The molecule has 0 saturated heterocycles. The highest BCUT2D eigenvalue weighted by Crippen LogP contribution is 2.26. The average Bonchev–Trinajstić information content (AvgIpc) is 1.86. The van der Waals surface area contributed by atoms with Crippen LogP contribution in [0.25, 0.3) is 0 Å². The summed E-state index contributed by atoms with van der Waals surface area (Å²) in [5.74, 6) is 0.101. The summed E-state index contributed by atoms with van der Waals surface area (Å²) in [6, 6.07) is 0. The molecule has 0 radical (unpaired) electrons. The van der Waals surface area contributed by atoms with E-state index >= 15 is 0 Å². The number of amides is 1. The predicted molar refractivity (Wildman–Crippen MR) is 45.2 cm³/mol. The molecular weight excluding hydrogens is 138 g/mol. The van der Waals surface area contributed by atoms with Gasteiger partial charge < -0.3 is 5.32 Å². The zero-order chi connectivity index (χ0) is 8.48. The van der Waals surface area contributed by atoms with Crippen molar-refractivity contribution in [1.29, 1.82) is 0 Å². The predicted octanol–water partition coefficient (Wildman–Crippen LogP) is 1.48. The van der Waals surface area contributed by atoms with Gasteiger partial charge in [0, 0.05) is 12.1 Å². The average molecular weight is 153 g/mol. The number of carbonyl (C=O) groups excluding carboxylic acids is 1. The summed E-state index contributed by atoms with van der Waals surface area (Å²) in [5.41, 5.74) is 0.911. The molecule has 0 aromatic rings. The maximum Gasteiger partial charge on any atom is 0.247 e. The Hall–Kier alpha value is -0.790. The van der Waals surface area contributed by atoms with Gasteiger partial charge in [-0.2, -0.15) is 0 Å². The van der Waals surface area contributed by atoms with Crippen molar-refractivity contribution < 1.29 is 4.79 Å². The van der Waals surface area contributed by atoms with Crippen molar-refractivity contribution in [2.45, 2.75) is 27.2 Å². The third kappa shape index (κ3) is 1.82. The van der Waals surface area contributed by atoms with E-state index in [1.54, 1.807) is 0 Å². The summed E-state index contributed by atoms with van der Waals surface area (Å²) in [5, 5.41) is 2.83. The molecule has 0 atom stereocenters. The van der Waals surface area contributed by atoms with Crippen LogP contribution in [0, 0.1) is 5.41 Å². The second-order valence-corrected chi connectivity index (χ2v) is 3.91. The Bertz CT molecular complexity index is 198. The molecule has 1 rings (SSSR count). The molecule has 0 aliphatic carbocycles. The summed E-state index contributed by atoms with van der Waals surface area (Å²) in [4.78, 5) is 11.3. The van der Waals surface area contributed by atoms with Crippen molar-refractivity contribution in [2.75, 3.05) is 6.54 Å². The topological polar surface area (TPSA) is 29.1 Å². The third-order valence-electron chi connectivity index (χ3n) is 1.83. The molecule has 0 spiro atoms. The molecule has 62 valence electrons. The van der Waals surface area contributed by atoms with Gasteiger partial charge in [-0.05, 0) is 11.8 Å².